The third-order valence-electron chi connectivity index (χ3n) is 5.62. The van der Waals surface area contributed by atoms with Crippen LogP contribution in [0.3, 0.4) is 0 Å². The standard InChI is InChI=1S/C21H22F2N4O3S/c1-10-8-26-9-14(6-16(23)19(26)24-10)25-20(28)18-15(22)7-17(31-18)13-4-11(2)27(21(29)30)12(3)5-13/h6-9,11-13H,4-5H2,1-3H3,(H,25,28)(H,29,30)/t11-,12+,13?. The Kier molecular flexibility index (Phi) is 5.42. The zero-order valence-corrected chi connectivity index (χ0v) is 18.0. The summed E-state index contributed by atoms with van der Waals surface area (Å²) in [5.41, 5.74) is 0.975. The van der Waals surface area contributed by atoms with Crippen LogP contribution < -0.4 is 5.32 Å². The van der Waals surface area contributed by atoms with E-state index in [9.17, 15) is 23.5 Å². The van der Waals surface area contributed by atoms with Gasteiger partial charge in [-0.1, -0.05) is 0 Å². The van der Waals surface area contributed by atoms with Gasteiger partial charge in [0.2, 0.25) is 0 Å². The highest BCUT2D eigenvalue weighted by molar-refractivity contribution is 7.14. The molecule has 0 aliphatic carbocycles. The fourth-order valence-electron chi connectivity index (χ4n) is 4.37. The van der Waals surface area contributed by atoms with Gasteiger partial charge in [0, 0.05) is 35.4 Å². The number of nitrogens with zero attached hydrogens (tertiary/aromatic N) is 3. The first-order valence-corrected chi connectivity index (χ1v) is 10.7. The van der Waals surface area contributed by atoms with Crippen LogP contribution in [0.2, 0.25) is 0 Å². The molecule has 3 aromatic rings. The van der Waals surface area contributed by atoms with Crippen molar-refractivity contribution < 1.29 is 23.5 Å². The number of hydrogen-bond acceptors (Lipinski definition) is 4. The SMILES string of the molecule is Cc1cn2cc(NC(=O)c3sc(C4C[C@@H](C)N(C(=O)O)[C@@H](C)C4)cc3F)cc(F)c2n1. The van der Waals surface area contributed by atoms with E-state index in [2.05, 4.69) is 10.3 Å². The molecule has 3 atom stereocenters. The highest BCUT2D eigenvalue weighted by Gasteiger charge is 2.36. The van der Waals surface area contributed by atoms with Crippen LogP contribution in [-0.2, 0) is 0 Å². The van der Waals surface area contributed by atoms with Crippen molar-refractivity contribution in [2.24, 2.45) is 0 Å². The normalized spacial score (nSPS) is 21.5. The van der Waals surface area contributed by atoms with Crippen LogP contribution in [0.5, 0.6) is 0 Å². The van der Waals surface area contributed by atoms with Crippen molar-refractivity contribution in [1.82, 2.24) is 14.3 Å². The first-order chi connectivity index (χ1) is 14.6. The summed E-state index contributed by atoms with van der Waals surface area (Å²) in [6, 6.07) is 2.09. The number of imidazole rings is 1. The lowest BCUT2D eigenvalue weighted by molar-refractivity contribution is 0.0771. The van der Waals surface area contributed by atoms with Crippen LogP contribution >= 0.6 is 11.3 Å². The van der Waals surface area contributed by atoms with Gasteiger partial charge in [-0.15, -0.1) is 11.3 Å². The first-order valence-electron chi connectivity index (χ1n) is 9.90. The average Bonchev–Trinajstić information content (AvgIpc) is 3.23. The van der Waals surface area contributed by atoms with E-state index in [0.29, 0.717) is 23.4 Å². The Labute approximate surface area is 181 Å². The zero-order chi connectivity index (χ0) is 22.4. The van der Waals surface area contributed by atoms with Crippen LogP contribution in [0.1, 0.15) is 52.8 Å². The van der Waals surface area contributed by atoms with E-state index in [4.69, 9.17) is 0 Å². The molecule has 1 fully saturated rings. The molecule has 4 heterocycles. The van der Waals surface area contributed by atoms with Crippen molar-refractivity contribution in [1.29, 1.82) is 0 Å². The molecular formula is C21H22F2N4O3S. The smallest absolute Gasteiger partial charge is 0.407 e. The van der Waals surface area contributed by atoms with Crippen molar-refractivity contribution >= 4 is 34.7 Å². The van der Waals surface area contributed by atoms with Crippen LogP contribution in [0, 0.1) is 18.6 Å². The van der Waals surface area contributed by atoms with Gasteiger partial charge in [-0.05, 0) is 45.6 Å². The molecular weight excluding hydrogens is 426 g/mol. The van der Waals surface area contributed by atoms with Crippen LogP contribution in [0.4, 0.5) is 19.3 Å². The molecule has 1 aliphatic rings. The van der Waals surface area contributed by atoms with Gasteiger partial charge >= 0.3 is 6.09 Å². The van der Waals surface area contributed by atoms with Crippen molar-refractivity contribution in [2.45, 2.75) is 51.6 Å². The highest BCUT2D eigenvalue weighted by Crippen LogP contribution is 2.39. The summed E-state index contributed by atoms with van der Waals surface area (Å²) < 4.78 is 30.3. The Morgan fingerprint density at radius 3 is 2.48 bits per heavy atom. The molecule has 0 saturated carbocycles. The highest BCUT2D eigenvalue weighted by atomic mass is 32.1. The Bertz CT molecular complexity index is 1160. The Morgan fingerprint density at radius 2 is 1.84 bits per heavy atom. The third kappa shape index (κ3) is 3.99. The maximum absolute atomic E-state index is 14.6. The summed E-state index contributed by atoms with van der Waals surface area (Å²) in [6.07, 6.45) is 3.30. The third-order valence-corrected chi connectivity index (χ3v) is 6.89. The molecule has 2 amide bonds. The van der Waals surface area contributed by atoms with Gasteiger partial charge in [0.25, 0.3) is 5.91 Å². The molecule has 3 aromatic heterocycles. The number of amides is 2. The van der Waals surface area contributed by atoms with Gasteiger partial charge in [0.05, 0.1) is 11.4 Å². The maximum atomic E-state index is 14.6. The number of carboxylic acid groups (broad SMARTS) is 1. The number of aryl methyl sites for hydroxylation is 1. The molecule has 0 bridgehead atoms. The molecule has 1 saturated heterocycles. The predicted molar refractivity (Wildman–Crippen MR) is 113 cm³/mol. The van der Waals surface area contributed by atoms with E-state index >= 15 is 0 Å². The second kappa shape index (κ2) is 7.92. The molecule has 0 radical (unpaired) electrons. The number of likely N-dealkylation sites (tertiary alicyclic amines) is 1. The number of thiophene rings is 1. The first kappa shape index (κ1) is 21.2. The molecule has 1 unspecified atom stereocenters. The van der Waals surface area contributed by atoms with Gasteiger partial charge in [0.1, 0.15) is 10.7 Å². The van der Waals surface area contributed by atoms with E-state index in [1.165, 1.54) is 21.6 Å². The number of pyridine rings is 1. The van der Waals surface area contributed by atoms with Gasteiger partial charge in [0.15, 0.2) is 11.5 Å². The largest absolute Gasteiger partial charge is 0.465 e. The number of piperidine rings is 1. The van der Waals surface area contributed by atoms with E-state index in [-0.39, 0.29) is 34.2 Å². The summed E-state index contributed by atoms with van der Waals surface area (Å²) >= 11 is 1.05. The number of fused-ring (bicyclic) bond motifs is 1. The fourth-order valence-corrected chi connectivity index (χ4v) is 5.43. The number of rotatable bonds is 3. The maximum Gasteiger partial charge on any atom is 0.407 e. The number of nitrogens with one attached hydrogen (secondary N) is 1. The Balaban J connectivity index is 1.54. The van der Waals surface area contributed by atoms with Gasteiger partial charge in [-0.3, -0.25) is 4.79 Å². The van der Waals surface area contributed by atoms with Crippen LogP contribution in [0.15, 0.2) is 24.5 Å². The van der Waals surface area contributed by atoms with E-state index < -0.39 is 23.6 Å². The van der Waals surface area contributed by atoms with Gasteiger partial charge in [-0.25, -0.2) is 18.6 Å². The number of anilines is 1. The Morgan fingerprint density at radius 1 is 1.16 bits per heavy atom. The van der Waals surface area contributed by atoms with E-state index in [0.717, 1.165) is 17.4 Å². The minimum atomic E-state index is -0.965. The minimum Gasteiger partial charge on any atom is -0.465 e. The Hall–Kier alpha value is -3.01. The lowest BCUT2D eigenvalue weighted by Gasteiger charge is -2.40. The lowest BCUT2D eigenvalue weighted by atomic mass is 9.86. The van der Waals surface area contributed by atoms with Crippen molar-refractivity contribution in [3.05, 3.63) is 51.6 Å². The van der Waals surface area contributed by atoms with E-state index in [1.807, 2.05) is 13.8 Å². The van der Waals surface area contributed by atoms with Gasteiger partial charge in [-0.2, -0.15) is 0 Å². The summed E-state index contributed by atoms with van der Waals surface area (Å²) in [6.45, 7) is 5.39. The molecule has 0 spiro atoms. The molecule has 2 N–H and O–H groups in total. The summed E-state index contributed by atoms with van der Waals surface area (Å²) in [7, 11) is 0. The fraction of sp³-hybridized carbons (Fsp3) is 0.381. The van der Waals surface area contributed by atoms with Crippen LogP contribution in [0.25, 0.3) is 5.65 Å². The summed E-state index contributed by atoms with van der Waals surface area (Å²) in [4.78, 5) is 30.2. The number of carbonyl (C=O) groups excluding carboxylic acids is 1. The summed E-state index contributed by atoms with van der Waals surface area (Å²) in [5, 5.41) is 11.9. The predicted octanol–water partition coefficient (Wildman–Crippen LogP) is 4.87. The molecule has 0 aromatic carbocycles. The molecule has 31 heavy (non-hydrogen) atoms. The van der Waals surface area contributed by atoms with E-state index in [1.54, 1.807) is 13.1 Å². The summed E-state index contributed by atoms with van der Waals surface area (Å²) in [5.74, 6) is -1.93. The van der Waals surface area contributed by atoms with Crippen molar-refractivity contribution in [2.75, 3.05) is 5.32 Å². The number of carbonyl (C=O) groups is 2. The minimum absolute atomic E-state index is 0.0376. The molecule has 4 rings (SSSR count). The quantitative estimate of drug-likeness (QED) is 0.599. The molecule has 7 nitrogen and oxygen atoms in total. The van der Waals surface area contributed by atoms with Gasteiger partial charge < -0.3 is 19.7 Å². The number of aromatic nitrogens is 2. The number of halogens is 2. The monoisotopic (exact) mass is 448 g/mol. The lowest BCUT2D eigenvalue weighted by Crippen LogP contribution is -2.48. The van der Waals surface area contributed by atoms with Crippen molar-refractivity contribution in [3.63, 3.8) is 0 Å². The molecule has 1 aliphatic heterocycles. The molecule has 164 valence electrons. The average molecular weight is 448 g/mol. The topological polar surface area (TPSA) is 86.9 Å². The van der Waals surface area contributed by atoms with Crippen LogP contribution in [-0.4, -0.2) is 43.5 Å². The second-order valence-electron chi connectivity index (χ2n) is 8.03. The van der Waals surface area contributed by atoms with Crippen molar-refractivity contribution in [3.8, 4) is 0 Å². The zero-order valence-electron chi connectivity index (χ0n) is 17.2. The number of hydrogen-bond donors (Lipinski definition) is 2. The molecule has 10 heteroatoms. The second-order valence-corrected chi connectivity index (χ2v) is 9.11.